The third-order valence-electron chi connectivity index (χ3n) is 4.68. The summed E-state index contributed by atoms with van der Waals surface area (Å²) in [5, 5.41) is 6.08. The second kappa shape index (κ2) is 8.87. The molecule has 0 unspecified atom stereocenters. The van der Waals surface area contributed by atoms with Crippen molar-refractivity contribution in [3.8, 4) is 0 Å². The standard InChI is InChI=1S/C22H22FN5O2/c1-15-24-20(14-21(25-15)28-10-12-30-13-11-28)26-18-6-8-19(9-7-18)27-22(29)16-2-4-17(23)5-3-16/h2-9,14H,10-13H2,1H3,(H,27,29)(H,24,25,26). The number of halogens is 1. The molecule has 2 heterocycles. The minimum atomic E-state index is -0.376. The van der Waals surface area contributed by atoms with Crippen molar-refractivity contribution < 1.29 is 13.9 Å². The van der Waals surface area contributed by atoms with Crippen molar-refractivity contribution in [3.63, 3.8) is 0 Å². The molecule has 0 saturated carbocycles. The molecule has 2 N–H and O–H groups in total. The Balaban J connectivity index is 1.42. The number of aromatic nitrogens is 2. The van der Waals surface area contributed by atoms with Crippen LogP contribution in [-0.4, -0.2) is 42.2 Å². The summed E-state index contributed by atoms with van der Waals surface area (Å²) in [5.41, 5.74) is 1.87. The summed E-state index contributed by atoms with van der Waals surface area (Å²) in [7, 11) is 0. The first-order valence-corrected chi connectivity index (χ1v) is 9.69. The van der Waals surface area contributed by atoms with Gasteiger partial charge < -0.3 is 20.3 Å². The Morgan fingerprint density at radius 3 is 2.37 bits per heavy atom. The summed E-state index contributed by atoms with van der Waals surface area (Å²) in [6.07, 6.45) is 0. The lowest BCUT2D eigenvalue weighted by molar-refractivity contribution is 0.102. The fourth-order valence-corrected chi connectivity index (χ4v) is 3.16. The number of hydrogen-bond donors (Lipinski definition) is 2. The molecule has 0 bridgehead atoms. The average molecular weight is 407 g/mol. The van der Waals surface area contributed by atoms with E-state index in [0.717, 1.165) is 24.6 Å². The Labute approximate surface area is 173 Å². The Bertz CT molecular complexity index is 1020. The quantitative estimate of drug-likeness (QED) is 0.671. The highest BCUT2D eigenvalue weighted by molar-refractivity contribution is 6.04. The van der Waals surface area contributed by atoms with Gasteiger partial charge in [0.25, 0.3) is 5.91 Å². The van der Waals surface area contributed by atoms with Crippen molar-refractivity contribution >= 4 is 28.9 Å². The van der Waals surface area contributed by atoms with Gasteiger partial charge in [0.05, 0.1) is 13.2 Å². The van der Waals surface area contributed by atoms with Gasteiger partial charge in [-0.15, -0.1) is 0 Å². The maximum atomic E-state index is 13.0. The summed E-state index contributed by atoms with van der Waals surface area (Å²) in [6.45, 7) is 4.85. The van der Waals surface area contributed by atoms with Crippen LogP contribution in [-0.2, 0) is 4.74 Å². The fourth-order valence-electron chi connectivity index (χ4n) is 3.16. The number of rotatable bonds is 5. The molecule has 1 saturated heterocycles. The van der Waals surface area contributed by atoms with E-state index in [9.17, 15) is 9.18 Å². The molecule has 1 fully saturated rings. The zero-order valence-electron chi connectivity index (χ0n) is 16.6. The monoisotopic (exact) mass is 407 g/mol. The van der Waals surface area contributed by atoms with Crippen LogP contribution < -0.4 is 15.5 Å². The number of nitrogens with one attached hydrogen (secondary N) is 2. The van der Waals surface area contributed by atoms with Crippen molar-refractivity contribution in [2.24, 2.45) is 0 Å². The number of aryl methyl sites for hydroxylation is 1. The highest BCUT2D eigenvalue weighted by Gasteiger charge is 2.14. The molecule has 0 atom stereocenters. The second-order valence-electron chi connectivity index (χ2n) is 6.92. The molecule has 0 aliphatic carbocycles. The van der Waals surface area contributed by atoms with Crippen LogP contribution in [0.3, 0.4) is 0 Å². The smallest absolute Gasteiger partial charge is 0.255 e. The highest BCUT2D eigenvalue weighted by atomic mass is 19.1. The van der Waals surface area contributed by atoms with Crippen LogP contribution in [0.4, 0.5) is 27.4 Å². The van der Waals surface area contributed by atoms with Crippen molar-refractivity contribution in [2.75, 3.05) is 41.8 Å². The van der Waals surface area contributed by atoms with E-state index in [1.165, 1.54) is 24.3 Å². The molecule has 0 spiro atoms. The van der Waals surface area contributed by atoms with Gasteiger partial charge in [0.2, 0.25) is 0 Å². The molecule has 0 radical (unpaired) electrons. The molecule has 1 aromatic heterocycles. The lowest BCUT2D eigenvalue weighted by Crippen LogP contribution is -2.36. The van der Waals surface area contributed by atoms with Crippen molar-refractivity contribution in [1.29, 1.82) is 0 Å². The van der Waals surface area contributed by atoms with E-state index in [1.54, 1.807) is 12.1 Å². The van der Waals surface area contributed by atoms with Gasteiger partial charge in [0, 0.05) is 36.1 Å². The van der Waals surface area contributed by atoms with Crippen LogP contribution >= 0.6 is 0 Å². The second-order valence-corrected chi connectivity index (χ2v) is 6.92. The van der Waals surface area contributed by atoms with E-state index < -0.39 is 0 Å². The maximum Gasteiger partial charge on any atom is 0.255 e. The molecule has 30 heavy (non-hydrogen) atoms. The zero-order valence-corrected chi connectivity index (χ0v) is 16.6. The summed E-state index contributed by atoms with van der Waals surface area (Å²) in [5.74, 6) is 1.59. The highest BCUT2D eigenvalue weighted by Crippen LogP contribution is 2.22. The molecule has 154 valence electrons. The number of anilines is 4. The van der Waals surface area contributed by atoms with Crippen LogP contribution in [0.5, 0.6) is 0 Å². The molecule has 4 rings (SSSR count). The average Bonchev–Trinajstić information content (AvgIpc) is 2.76. The van der Waals surface area contributed by atoms with Crippen LogP contribution in [0, 0.1) is 12.7 Å². The topological polar surface area (TPSA) is 79.4 Å². The minimum Gasteiger partial charge on any atom is -0.378 e. The van der Waals surface area contributed by atoms with E-state index in [4.69, 9.17) is 4.74 Å². The fraction of sp³-hybridized carbons (Fsp3) is 0.227. The Morgan fingerprint density at radius 2 is 1.67 bits per heavy atom. The van der Waals surface area contributed by atoms with Gasteiger partial charge in [-0.1, -0.05) is 0 Å². The number of nitrogens with zero attached hydrogens (tertiary/aromatic N) is 3. The first-order chi connectivity index (χ1) is 14.6. The predicted molar refractivity (Wildman–Crippen MR) is 114 cm³/mol. The van der Waals surface area contributed by atoms with E-state index in [0.29, 0.717) is 36.1 Å². The first-order valence-electron chi connectivity index (χ1n) is 9.69. The van der Waals surface area contributed by atoms with Crippen molar-refractivity contribution in [2.45, 2.75) is 6.92 Å². The number of benzene rings is 2. The van der Waals surface area contributed by atoms with E-state index in [-0.39, 0.29) is 11.7 Å². The van der Waals surface area contributed by atoms with Gasteiger partial charge in [-0.05, 0) is 55.5 Å². The molecule has 1 aliphatic rings. The third-order valence-corrected chi connectivity index (χ3v) is 4.68. The zero-order chi connectivity index (χ0) is 20.9. The van der Waals surface area contributed by atoms with Crippen molar-refractivity contribution in [1.82, 2.24) is 9.97 Å². The minimum absolute atomic E-state index is 0.294. The molecule has 1 aliphatic heterocycles. The lowest BCUT2D eigenvalue weighted by atomic mass is 10.2. The number of ether oxygens (including phenoxy) is 1. The summed E-state index contributed by atoms with van der Waals surface area (Å²) >= 11 is 0. The van der Waals surface area contributed by atoms with E-state index in [2.05, 4.69) is 25.5 Å². The molecule has 7 nitrogen and oxygen atoms in total. The molecular formula is C22H22FN5O2. The number of hydrogen-bond acceptors (Lipinski definition) is 6. The Morgan fingerprint density at radius 1 is 1.00 bits per heavy atom. The third kappa shape index (κ3) is 4.90. The lowest BCUT2D eigenvalue weighted by Gasteiger charge is -2.28. The van der Waals surface area contributed by atoms with Crippen LogP contribution in [0.1, 0.15) is 16.2 Å². The Hall–Kier alpha value is -3.52. The van der Waals surface area contributed by atoms with Gasteiger partial charge in [-0.3, -0.25) is 4.79 Å². The van der Waals surface area contributed by atoms with Gasteiger partial charge in [0.15, 0.2) is 0 Å². The van der Waals surface area contributed by atoms with E-state index >= 15 is 0 Å². The normalized spacial score (nSPS) is 13.7. The molecule has 8 heteroatoms. The molecule has 1 amide bonds. The predicted octanol–water partition coefficient (Wildman–Crippen LogP) is 3.76. The van der Waals surface area contributed by atoms with Crippen LogP contribution in [0.2, 0.25) is 0 Å². The number of amides is 1. The van der Waals surface area contributed by atoms with Crippen molar-refractivity contribution in [3.05, 3.63) is 71.8 Å². The number of morpholine rings is 1. The van der Waals surface area contributed by atoms with Crippen LogP contribution in [0.25, 0.3) is 0 Å². The van der Waals surface area contributed by atoms with Gasteiger partial charge in [0.1, 0.15) is 23.3 Å². The van der Waals surface area contributed by atoms with E-state index in [1.807, 2.05) is 25.1 Å². The van der Waals surface area contributed by atoms with Crippen LogP contribution in [0.15, 0.2) is 54.6 Å². The molecule has 3 aromatic rings. The van der Waals surface area contributed by atoms with Gasteiger partial charge in [-0.2, -0.15) is 0 Å². The first kappa shape index (κ1) is 19.8. The maximum absolute atomic E-state index is 13.0. The van der Waals surface area contributed by atoms with Gasteiger partial charge >= 0.3 is 0 Å². The summed E-state index contributed by atoms with van der Waals surface area (Å²) in [6, 6.07) is 14.6. The molecular weight excluding hydrogens is 385 g/mol. The molecule has 2 aromatic carbocycles. The number of carbonyl (C=O) groups excluding carboxylic acids is 1. The SMILES string of the molecule is Cc1nc(Nc2ccc(NC(=O)c3ccc(F)cc3)cc2)cc(N2CCOCC2)n1. The largest absolute Gasteiger partial charge is 0.378 e. The summed E-state index contributed by atoms with van der Waals surface area (Å²) in [4.78, 5) is 23.4. The number of carbonyl (C=O) groups is 1. The summed E-state index contributed by atoms with van der Waals surface area (Å²) < 4.78 is 18.4. The van der Waals surface area contributed by atoms with Gasteiger partial charge in [-0.25, -0.2) is 14.4 Å². The Kier molecular flexibility index (Phi) is 5.85.